The Balaban J connectivity index is 3.58. The predicted octanol–water partition coefficient (Wildman–Crippen LogP) is 4.39. The molecule has 0 rings (SSSR count). The third-order valence-corrected chi connectivity index (χ3v) is 2.87. The van der Waals surface area contributed by atoms with Gasteiger partial charge in [-0.25, -0.2) is 0 Å². The standard InChI is InChI=1S/C11H21Cl/c1-9(2)7-6-8-10(12)11(3,4)5/h10H,1,6-8H2,2-5H3. The number of rotatable bonds is 4. The van der Waals surface area contributed by atoms with Gasteiger partial charge in [0.05, 0.1) is 0 Å². The van der Waals surface area contributed by atoms with E-state index in [9.17, 15) is 0 Å². The molecule has 0 fully saturated rings. The summed E-state index contributed by atoms with van der Waals surface area (Å²) >= 11 is 6.21. The van der Waals surface area contributed by atoms with Crippen molar-refractivity contribution in [2.45, 2.75) is 52.3 Å². The van der Waals surface area contributed by atoms with E-state index in [1.807, 2.05) is 0 Å². The van der Waals surface area contributed by atoms with Gasteiger partial charge in [0, 0.05) is 5.38 Å². The smallest absolute Gasteiger partial charge is 0.0384 e. The van der Waals surface area contributed by atoms with E-state index >= 15 is 0 Å². The van der Waals surface area contributed by atoms with E-state index in [4.69, 9.17) is 11.6 Å². The Morgan fingerprint density at radius 3 is 2.25 bits per heavy atom. The molecule has 0 amide bonds. The van der Waals surface area contributed by atoms with E-state index in [-0.39, 0.29) is 10.8 Å². The third-order valence-electron chi connectivity index (χ3n) is 2.00. The lowest BCUT2D eigenvalue weighted by atomic mass is 9.88. The molecule has 0 radical (unpaired) electrons. The molecule has 0 aromatic heterocycles. The van der Waals surface area contributed by atoms with Crippen molar-refractivity contribution in [1.29, 1.82) is 0 Å². The van der Waals surface area contributed by atoms with Gasteiger partial charge in [-0.1, -0.05) is 26.3 Å². The molecule has 0 aromatic rings. The molecule has 72 valence electrons. The molecule has 0 nitrogen and oxygen atoms in total. The number of alkyl halides is 1. The highest BCUT2D eigenvalue weighted by Gasteiger charge is 2.21. The number of hydrogen-bond acceptors (Lipinski definition) is 0. The van der Waals surface area contributed by atoms with E-state index in [0.29, 0.717) is 0 Å². The highest BCUT2D eigenvalue weighted by molar-refractivity contribution is 6.21. The topological polar surface area (TPSA) is 0 Å². The summed E-state index contributed by atoms with van der Waals surface area (Å²) in [5, 5.41) is 0.289. The third kappa shape index (κ3) is 5.65. The minimum Gasteiger partial charge on any atom is -0.122 e. The van der Waals surface area contributed by atoms with Gasteiger partial charge < -0.3 is 0 Å². The number of halogens is 1. The maximum absolute atomic E-state index is 6.21. The van der Waals surface area contributed by atoms with Crippen LogP contribution in [0.1, 0.15) is 47.0 Å². The molecule has 12 heavy (non-hydrogen) atoms. The summed E-state index contributed by atoms with van der Waals surface area (Å²) in [5.41, 5.74) is 1.49. The molecule has 0 saturated carbocycles. The van der Waals surface area contributed by atoms with Crippen LogP contribution in [0.4, 0.5) is 0 Å². The van der Waals surface area contributed by atoms with Crippen molar-refractivity contribution in [2.24, 2.45) is 5.41 Å². The van der Waals surface area contributed by atoms with E-state index in [1.54, 1.807) is 0 Å². The van der Waals surface area contributed by atoms with Gasteiger partial charge in [0.15, 0.2) is 0 Å². The average Bonchev–Trinajstić information content (AvgIpc) is 1.84. The first kappa shape index (κ1) is 12.0. The van der Waals surface area contributed by atoms with Crippen molar-refractivity contribution in [3.05, 3.63) is 12.2 Å². The lowest BCUT2D eigenvalue weighted by Crippen LogP contribution is -2.20. The summed E-state index contributed by atoms with van der Waals surface area (Å²) in [6.45, 7) is 12.5. The maximum atomic E-state index is 6.21. The minimum atomic E-state index is 0.233. The highest BCUT2D eigenvalue weighted by atomic mass is 35.5. The molecular weight excluding hydrogens is 168 g/mol. The Bertz CT molecular complexity index is 142. The quantitative estimate of drug-likeness (QED) is 0.454. The summed E-state index contributed by atoms with van der Waals surface area (Å²) in [5.74, 6) is 0. The van der Waals surface area contributed by atoms with Gasteiger partial charge >= 0.3 is 0 Å². The van der Waals surface area contributed by atoms with Crippen LogP contribution in [0.5, 0.6) is 0 Å². The highest BCUT2D eigenvalue weighted by Crippen LogP contribution is 2.28. The Hall–Kier alpha value is 0.0300. The minimum absolute atomic E-state index is 0.233. The van der Waals surface area contributed by atoms with Crippen molar-refractivity contribution in [2.75, 3.05) is 0 Å². The monoisotopic (exact) mass is 188 g/mol. The van der Waals surface area contributed by atoms with E-state index < -0.39 is 0 Å². The van der Waals surface area contributed by atoms with Crippen molar-refractivity contribution in [1.82, 2.24) is 0 Å². The first-order chi connectivity index (χ1) is 5.34. The number of hydrogen-bond donors (Lipinski definition) is 0. The van der Waals surface area contributed by atoms with Crippen LogP contribution in [-0.4, -0.2) is 5.38 Å². The Morgan fingerprint density at radius 2 is 1.92 bits per heavy atom. The fourth-order valence-electron chi connectivity index (χ4n) is 1.02. The van der Waals surface area contributed by atoms with Crippen molar-refractivity contribution < 1.29 is 0 Å². The van der Waals surface area contributed by atoms with Crippen LogP contribution in [0.25, 0.3) is 0 Å². The van der Waals surface area contributed by atoms with Crippen LogP contribution in [-0.2, 0) is 0 Å². The van der Waals surface area contributed by atoms with Crippen LogP contribution < -0.4 is 0 Å². The summed E-state index contributed by atoms with van der Waals surface area (Å²) in [6.07, 6.45) is 3.37. The summed E-state index contributed by atoms with van der Waals surface area (Å²) in [6, 6.07) is 0. The first-order valence-electron chi connectivity index (χ1n) is 4.62. The molecular formula is C11H21Cl. The van der Waals surface area contributed by atoms with Gasteiger partial charge in [0.2, 0.25) is 0 Å². The van der Waals surface area contributed by atoms with Crippen LogP contribution in [0.3, 0.4) is 0 Å². The van der Waals surface area contributed by atoms with Crippen molar-refractivity contribution >= 4 is 11.6 Å². The summed E-state index contributed by atoms with van der Waals surface area (Å²) in [7, 11) is 0. The normalized spacial score (nSPS) is 14.4. The summed E-state index contributed by atoms with van der Waals surface area (Å²) in [4.78, 5) is 0. The van der Waals surface area contributed by atoms with Crippen LogP contribution >= 0.6 is 11.6 Å². The Kier molecular flexibility index (Phi) is 4.92. The molecule has 1 heteroatoms. The molecule has 1 unspecified atom stereocenters. The second-order valence-corrected chi connectivity index (χ2v) is 5.21. The second-order valence-electron chi connectivity index (χ2n) is 4.68. The van der Waals surface area contributed by atoms with Gasteiger partial charge in [0.25, 0.3) is 0 Å². The Morgan fingerprint density at radius 1 is 1.42 bits per heavy atom. The van der Waals surface area contributed by atoms with Crippen molar-refractivity contribution in [3.63, 3.8) is 0 Å². The van der Waals surface area contributed by atoms with Gasteiger partial charge in [-0.3, -0.25) is 0 Å². The largest absolute Gasteiger partial charge is 0.122 e. The molecule has 0 N–H and O–H groups in total. The van der Waals surface area contributed by atoms with Gasteiger partial charge in [-0.05, 0) is 31.6 Å². The zero-order valence-electron chi connectivity index (χ0n) is 8.78. The van der Waals surface area contributed by atoms with Gasteiger partial charge in [-0.15, -0.1) is 18.2 Å². The first-order valence-corrected chi connectivity index (χ1v) is 5.06. The van der Waals surface area contributed by atoms with E-state index in [2.05, 4.69) is 34.3 Å². The predicted molar refractivity (Wildman–Crippen MR) is 57.8 cm³/mol. The fraction of sp³-hybridized carbons (Fsp3) is 0.818. The fourth-order valence-corrected chi connectivity index (χ4v) is 1.17. The molecule has 0 bridgehead atoms. The average molecular weight is 189 g/mol. The lowest BCUT2D eigenvalue weighted by Gasteiger charge is -2.24. The molecule has 0 aromatic carbocycles. The lowest BCUT2D eigenvalue weighted by molar-refractivity contribution is 0.369. The second kappa shape index (κ2) is 4.91. The zero-order chi connectivity index (χ0) is 9.78. The van der Waals surface area contributed by atoms with Crippen LogP contribution in [0.15, 0.2) is 12.2 Å². The molecule has 0 spiro atoms. The molecule has 1 atom stereocenters. The Labute approximate surface area is 82.0 Å². The van der Waals surface area contributed by atoms with Gasteiger partial charge in [0.1, 0.15) is 0 Å². The van der Waals surface area contributed by atoms with Crippen LogP contribution in [0.2, 0.25) is 0 Å². The molecule has 0 aliphatic rings. The number of allylic oxidation sites excluding steroid dienone is 1. The van der Waals surface area contributed by atoms with Crippen LogP contribution in [0, 0.1) is 5.41 Å². The SMILES string of the molecule is C=C(C)CCCC(Cl)C(C)(C)C. The molecule has 0 heterocycles. The van der Waals surface area contributed by atoms with Gasteiger partial charge in [-0.2, -0.15) is 0 Å². The van der Waals surface area contributed by atoms with E-state index in [1.165, 1.54) is 12.0 Å². The van der Waals surface area contributed by atoms with E-state index in [0.717, 1.165) is 12.8 Å². The zero-order valence-corrected chi connectivity index (χ0v) is 9.54. The molecule has 0 aliphatic heterocycles. The summed E-state index contributed by atoms with van der Waals surface area (Å²) < 4.78 is 0. The van der Waals surface area contributed by atoms with Crippen molar-refractivity contribution in [3.8, 4) is 0 Å². The molecule has 0 aliphatic carbocycles. The maximum Gasteiger partial charge on any atom is 0.0384 e. The molecule has 0 saturated heterocycles.